The number of nitrogen functional groups attached to an aromatic ring is 1. The minimum absolute atomic E-state index is 0.613. The Bertz CT molecular complexity index is 322. The van der Waals surface area contributed by atoms with Crippen molar-refractivity contribution in [2.45, 2.75) is 20.8 Å². The van der Waals surface area contributed by atoms with Crippen LogP contribution < -0.4 is 10.6 Å². The largest absolute Gasteiger partial charge is 0.383 e. The Morgan fingerprint density at radius 1 is 1.31 bits per heavy atom. The molecule has 4 nitrogen and oxygen atoms in total. The average molecular weight is 223 g/mol. The summed E-state index contributed by atoms with van der Waals surface area (Å²) < 4.78 is 5.29. The van der Waals surface area contributed by atoms with Crippen LogP contribution in [0.2, 0.25) is 0 Å². The molecule has 1 aromatic heterocycles. The lowest BCUT2D eigenvalue weighted by atomic mass is 10.2. The van der Waals surface area contributed by atoms with Gasteiger partial charge < -0.3 is 15.4 Å². The number of hydrogen-bond acceptors (Lipinski definition) is 4. The van der Waals surface area contributed by atoms with Gasteiger partial charge in [-0.3, -0.25) is 0 Å². The second kappa shape index (κ2) is 6.33. The number of rotatable bonds is 1. The Hall–Kier alpha value is -1.29. The first-order chi connectivity index (χ1) is 7.77. The third-order valence-electron chi connectivity index (χ3n) is 2.48. The van der Waals surface area contributed by atoms with Gasteiger partial charge in [0.1, 0.15) is 5.82 Å². The Morgan fingerprint density at radius 3 is 2.50 bits per heavy atom. The first kappa shape index (κ1) is 12.8. The van der Waals surface area contributed by atoms with E-state index < -0.39 is 0 Å². The van der Waals surface area contributed by atoms with Crippen molar-refractivity contribution in [3.05, 3.63) is 17.8 Å². The zero-order valence-corrected chi connectivity index (χ0v) is 10.4. The van der Waals surface area contributed by atoms with Crippen LogP contribution in [0.1, 0.15) is 19.4 Å². The van der Waals surface area contributed by atoms with Gasteiger partial charge in [-0.2, -0.15) is 0 Å². The van der Waals surface area contributed by atoms with Gasteiger partial charge >= 0.3 is 0 Å². The van der Waals surface area contributed by atoms with Gasteiger partial charge in [-0.05, 0) is 18.6 Å². The molecule has 1 aliphatic heterocycles. The van der Waals surface area contributed by atoms with Gasteiger partial charge in [-0.1, -0.05) is 13.8 Å². The van der Waals surface area contributed by atoms with Gasteiger partial charge in [0.2, 0.25) is 0 Å². The average Bonchev–Trinajstić information content (AvgIpc) is 2.36. The zero-order valence-electron chi connectivity index (χ0n) is 10.4. The summed E-state index contributed by atoms with van der Waals surface area (Å²) in [6.07, 6.45) is 1.83. The summed E-state index contributed by atoms with van der Waals surface area (Å²) in [7, 11) is 0. The van der Waals surface area contributed by atoms with Crippen LogP contribution in [0.4, 0.5) is 11.5 Å². The number of aromatic nitrogens is 1. The predicted molar refractivity (Wildman–Crippen MR) is 67.8 cm³/mol. The summed E-state index contributed by atoms with van der Waals surface area (Å²) in [5.41, 5.74) is 7.84. The van der Waals surface area contributed by atoms with Gasteiger partial charge in [0.15, 0.2) is 0 Å². The third kappa shape index (κ3) is 3.10. The molecule has 2 rings (SSSR count). The van der Waals surface area contributed by atoms with Gasteiger partial charge in [0.25, 0.3) is 0 Å². The molecule has 1 saturated heterocycles. The Balaban J connectivity index is 0.000000606. The van der Waals surface area contributed by atoms with Crippen LogP contribution in [0.5, 0.6) is 0 Å². The molecule has 2 N–H and O–H groups in total. The van der Waals surface area contributed by atoms with E-state index in [4.69, 9.17) is 10.5 Å². The van der Waals surface area contributed by atoms with E-state index in [1.54, 1.807) is 0 Å². The Morgan fingerprint density at radius 2 is 1.94 bits per heavy atom. The molecule has 16 heavy (non-hydrogen) atoms. The first-order valence-corrected chi connectivity index (χ1v) is 5.82. The number of nitrogens with zero attached hydrogens (tertiary/aromatic N) is 2. The summed E-state index contributed by atoms with van der Waals surface area (Å²) in [6, 6.07) is 2.08. The summed E-state index contributed by atoms with van der Waals surface area (Å²) in [6.45, 7) is 9.44. The topological polar surface area (TPSA) is 51.4 Å². The maximum absolute atomic E-state index is 5.66. The molecule has 4 heteroatoms. The van der Waals surface area contributed by atoms with Crippen molar-refractivity contribution in [2.24, 2.45) is 0 Å². The lowest BCUT2D eigenvalue weighted by molar-refractivity contribution is 0.122. The smallest absolute Gasteiger partial charge is 0.126 e. The molecule has 0 radical (unpaired) electrons. The van der Waals surface area contributed by atoms with E-state index >= 15 is 0 Å². The van der Waals surface area contributed by atoms with E-state index in [1.165, 1.54) is 0 Å². The molecule has 1 aromatic rings. The molecule has 0 aliphatic carbocycles. The van der Waals surface area contributed by atoms with Crippen molar-refractivity contribution in [1.29, 1.82) is 0 Å². The lowest BCUT2D eigenvalue weighted by Crippen LogP contribution is -2.36. The molecule has 2 heterocycles. The summed E-state index contributed by atoms with van der Waals surface area (Å²) >= 11 is 0. The fourth-order valence-electron chi connectivity index (χ4n) is 1.57. The van der Waals surface area contributed by atoms with Crippen molar-refractivity contribution in [2.75, 3.05) is 36.9 Å². The lowest BCUT2D eigenvalue weighted by Gasteiger charge is -2.28. The number of nitrogens with two attached hydrogens (primary N) is 1. The zero-order chi connectivity index (χ0) is 12.0. The fourth-order valence-corrected chi connectivity index (χ4v) is 1.57. The first-order valence-electron chi connectivity index (χ1n) is 5.82. The van der Waals surface area contributed by atoms with Crippen LogP contribution in [0, 0.1) is 6.92 Å². The molecule has 0 amide bonds. The van der Waals surface area contributed by atoms with Crippen LogP contribution in [0.15, 0.2) is 12.3 Å². The number of ether oxygens (including phenoxy) is 1. The highest BCUT2D eigenvalue weighted by Crippen LogP contribution is 2.18. The van der Waals surface area contributed by atoms with Crippen molar-refractivity contribution < 1.29 is 4.74 Å². The van der Waals surface area contributed by atoms with E-state index in [2.05, 4.69) is 16.0 Å². The molecule has 90 valence electrons. The third-order valence-corrected chi connectivity index (χ3v) is 2.48. The maximum atomic E-state index is 5.66. The number of hydrogen-bond donors (Lipinski definition) is 1. The fraction of sp³-hybridized carbons (Fsp3) is 0.583. The van der Waals surface area contributed by atoms with Crippen molar-refractivity contribution in [3.63, 3.8) is 0 Å². The molecule has 0 unspecified atom stereocenters. The molecule has 1 aliphatic rings. The Labute approximate surface area is 97.4 Å². The van der Waals surface area contributed by atoms with Gasteiger partial charge in [0.05, 0.1) is 25.1 Å². The van der Waals surface area contributed by atoms with Gasteiger partial charge in [0, 0.05) is 13.1 Å². The van der Waals surface area contributed by atoms with E-state index in [1.807, 2.05) is 27.0 Å². The number of anilines is 2. The normalized spacial score (nSPS) is 15.3. The maximum Gasteiger partial charge on any atom is 0.126 e. The second-order valence-electron chi connectivity index (χ2n) is 3.50. The Kier molecular flexibility index (Phi) is 5.05. The highest BCUT2D eigenvalue weighted by molar-refractivity contribution is 5.52. The van der Waals surface area contributed by atoms with E-state index in [0.717, 1.165) is 37.6 Å². The quantitative estimate of drug-likeness (QED) is 0.789. The second-order valence-corrected chi connectivity index (χ2v) is 3.50. The SMILES string of the molecule is CC.Cc1cc(N2CCOCC2)cnc1N. The minimum atomic E-state index is 0.613. The molecule has 0 bridgehead atoms. The van der Waals surface area contributed by atoms with Crippen LogP contribution in [-0.4, -0.2) is 31.3 Å². The van der Waals surface area contributed by atoms with Crippen molar-refractivity contribution in [1.82, 2.24) is 4.98 Å². The van der Waals surface area contributed by atoms with Crippen LogP contribution in [0.3, 0.4) is 0 Å². The molecule has 1 fully saturated rings. The highest BCUT2D eigenvalue weighted by atomic mass is 16.5. The van der Waals surface area contributed by atoms with Gasteiger partial charge in [-0.25, -0.2) is 4.98 Å². The number of aryl methyl sites for hydroxylation is 1. The summed E-state index contributed by atoms with van der Waals surface area (Å²) in [4.78, 5) is 6.42. The van der Waals surface area contributed by atoms with Crippen LogP contribution >= 0.6 is 0 Å². The molecule has 0 spiro atoms. The summed E-state index contributed by atoms with van der Waals surface area (Å²) in [5, 5.41) is 0. The van der Waals surface area contributed by atoms with Crippen molar-refractivity contribution >= 4 is 11.5 Å². The molecule has 0 atom stereocenters. The van der Waals surface area contributed by atoms with Gasteiger partial charge in [-0.15, -0.1) is 0 Å². The predicted octanol–water partition coefficient (Wildman–Crippen LogP) is 1.84. The number of morpholine rings is 1. The monoisotopic (exact) mass is 223 g/mol. The standard InChI is InChI=1S/C10H15N3O.C2H6/c1-8-6-9(7-12-10(8)11)13-2-4-14-5-3-13;1-2/h6-7H,2-5H2,1H3,(H2,11,12);1-2H3. The molecule has 0 saturated carbocycles. The highest BCUT2D eigenvalue weighted by Gasteiger charge is 2.11. The van der Waals surface area contributed by atoms with E-state index in [0.29, 0.717) is 5.82 Å². The molecule has 0 aromatic carbocycles. The molecular formula is C12H21N3O. The van der Waals surface area contributed by atoms with E-state index in [-0.39, 0.29) is 0 Å². The number of pyridine rings is 1. The van der Waals surface area contributed by atoms with Crippen molar-refractivity contribution in [3.8, 4) is 0 Å². The minimum Gasteiger partial charge on any atom is -0.383 e. The molecular weight excluding hydrogens is 202 g/mol. The van der Waals surface area contributed by atoms with Crippen LogP contribution in [0.25, 0.3) is 0 Å². The van der Waals surface area contributed by atoms with Crippen LogP contribution in [-0.2, 0) is 4.74 Å². The van der Waals surface area contributed by atoms with E-state index in [9.17, 15) is 0 Å². The summed E-state index contributed by atoms with van der Waals surface area (Å²) in [5.74, 6) is 0.613.